The summed E-state index contributed by atoms with van der Waals surface area (Å²) in [6, 6.07) is 21.3. The van der Waals surface area contributed by atoms with Crippen LogP contribution in [-0.2, 0) is 17.6 Å². The number of rotatable bonds is 12. The zero-order valence-corrected chi connectivity index (χ0v) is 25.7. The summed E-state index contributed by atoms with van der Waals surface area (Å²) in [6.45, 7) is 0.702. The quantitative estimate of drug-likeness (QED) is 0.0638. The molecule has 2 heterocycles. The highest BCUT2D eigenvalue weighted by Gasteiger charge is 2.25. The lowest BCUT2D eigenvalue weighted by molar-refractivity contribution is -0.120. The number of carboxylic acids is 1. The van der Waals surface area contributed by atoms with Crippen LogP contribution in [0, 0.1) is 0 Å². The van der Waals surface area contributed by atoms with Gasteiger partial charge in [0.25, 0.3) is 12.4 Å². The van der Waals surface area contributed by atoms with Gasteiger partial charge in [-0.15, -0.1) is 0 Å². The summed E-state index contributed by atoms with van der Waals surface area (Å²) in [5.74, 6) is -1.38. The lowest BCUT2D eigenvalue weighted by atomic mass is 9.84. The van der Waals surface area contributed by atoms with Crippen molar-refractivity contribution in [2.24, 2.45) is 0 Å². The molecule has 48 heavy (non-hydrogen) atoms. The SMILES string of the molecule is O=COc1ccc2c3ccc(C(=O)CCCc4cccnc4)c4c(C(=O)O)ccc(c5ccc(C(=O)NCCc6cccnc6)c1c52)c43. The van der Waals surface area contributed by atoms with Gasteiger partial charge in [-0.25, -0.2) is 4.79 Å². The third kappa shape index (κ3) is 5.45. The minimum absolute atomic E-state index is 0.0384. The Morgan fingerprint density at radius 1 is 0.688 bits per heavy atom. The molecule has 0 aliphatic rings. The second kappa shape index (κ2) is 12.9. The number of carboxylic acid groups (broad SMARTS) is 1. The molecular formula is C39H29N3O6. The summed E-state index contributed by atoms with van der Waals surface area (Å²) in [5.41, 5.74) is 2.73. The van der Waals surface area contributed by atoms with Gasteiger partial charge >= 0.3 is 5.97 Å². The number of ketones is 1. The molecule has 0 saturated carbocycles. The Morgan fingerprint density at radius 2 is 1.27 bits per heavy atom. The second-order valence-electron chi connectivity index (χ2n) is 11.6. The molecule has 0 saturated heterocycles. The van der Waals surface area contributed by atoms with Crippen LogP contribution < -0.4 is 10.1 Å². The van der Waals surface area contributed by atoms with E-state index in [2.05, 4.69) is 15.3 Å². The van der Waals surface area contributed by atoms with Crippen LogP contribution in [0.3, 0.4) is 0 Å². The maximum absolute atomic E-state index is 13.7. The minimum Gasteiger partial charge on any atom is -0.478 e. The number of amides is 1. The Hall–Kier alpha value is -6.22. The number of hydrogen-bond donors (Lipinski definition) is 2. The Bertz CT molecular complexity index is 2340. The van der Waals surface area contributed by atoms with E-state index in [-0.39, 0.29) is 29.4 Å². The molecule has 0 fully saturated rings. The number of aromatic carboxylic acids is 1. The first-order valence-electron chi connectivity index (χ1n) is 15.6. The molecule has 0 radical (unpaired) electrons. The largest absolute Gasteiger partial charge is 0.478 e. The number of carbonyl (C=O) groups excluding carboxylic acids is 3. The second-order valence-corrected chi connectivity index (χ2v) is 11.6. The van der Waals surface area contributed by atoms with Gasteiger partial charge in [-0.3, -0.25) is 24.4 Å². The van der Waals surface area contributed by atoms with E-state index in [1.165, 1.54) is 6.07 Å². The molecule has 0 aliphatic carbocycles. The maximum Gasteiger partial charge on any atom is 0.336 e. The minimum atomic E-state index is -1.13. The molecule has 1 amide bonds. The van der Waals surface area contributed by atoms with Crippen LogP contribution in [0.1, 0.15) is 55.0 Å². The van der Waals surface area contributed by atoms with Crippen molar-refractivity contribution in [2.45, 2.75) is 25.7 Å². The highest BCUT2D eigenvalue weighted by Crippen LogP contribution is 2.45. The number of benzene rings is 5. The molecule has 2 N–H and O–H groups in total. The van der Waals surface area contributed by atoms with Crippen LogP contribution in [0.5, 0.6) is 5.75 Å². The molecule has 0 atom stereocenters. The number of nitrogens with zero attached hydrogens (tertiary/aromatic N) is 2. The van der Waals surface area contributed by atoms with Crippen LogP contribution >= 0.6 is 0 Å². The highest BCUT2D eigenvalue weighted by molar-refractivity contribution is 6.37. The Kier molecular flexibility index (Phi) is 8.17. The van der Waals surface area contributed by atoms with E-state index in [0.717, 1.165) is 32.7 Å². The van der Waals surface area contributed by atoms with Crippen molar-refractivity contribution in [1.82, 2.24) is 15.3 Å². The number of hydrogen-bond acceptors (Lipinski definition) is 7. The van der Waals surface area contributed by atoms with E-state index in [4.69, 9.17) is 4.74 Å². The molecule has 9 heteroatoms. The molecule has 236 valence electrons. The summed E-state index contributed by atoms with van der Waals surface area (Å²) in [7, 11) is 0. The summed E-state index contributed by atoms with van der Waals surface area (Å²) < 4.78 is 5.40. The third-order valence-electron chi connectivity index (χ3n) is 8.83. The summed E-state index contributed by atoms with van der Waals surface area (Å²) >= 11 is 0. The number of nitrogens with one attached hydrogen (secondary N) is 1. The lowest BCUT2D eigenvalue weighted by Gasteiger charge is -2.20. The van der Waals surface area contributed by atoms with Crippen molar-refractivity contribution in [2.75, 3.05) is 6.54 Å². The van der Waals surface area contributed by atoms with Gasteiger partial charge in [0.05, 0.1) is 11.1 Å². The summed E-state index contributed by atoms with van der Waals surface area (Å²) in [5, 5.41) is 18.3. The molecule has 9 nitrogen and oxygen atoms in total. The van der Waals surface area contributed by atoms with E-state index in [1.54, 1.807) is 55.1 Å². The zero-order valence-electron chi connectivity index (χ0n) is 25.7. The number of fused-ring (bicyclic) bond motifs is 2. The molecule has 7 aromatic rings. The van der Waals surface area contributed by atoms with Crippen molar-refractivity contribution < 1.29 is 29.0 Å². The molecular weight excluding hydrogens is 606 g/mol. The Balaban J connectivity index is 1.36. The molecule has 0 spiro atoms. The van der Waals surface area contributed by atoms with Crippen LogP contribution in [0.4, 0.5) is 0 Å². The standard InChI is InChI=1S/C39H29N3O6/c43-22-48-33-15-14-28-25-8-11-29(32(44)7-1-4-23-5-2-17-40-20-23)36-31(39(46)47)13-10-26(34(25)36)27-9-12-30(37(33)35(27)28)38(45)42-19-16-24-6-3-18-41-21-24/h2-3,5-6,8-15,17-18,20-22H,1,4,7,16,19H2,(H,42,45)(H,46,47). The fourth-order valence-corrected chi connectivity index (χ4v) is 6.70. The van der Waals surface area contributed by atoms with Crippen molar-refractivity contribution >= 4 is 67.2 Å². The van der Waals surface area contributed by atoms with Gasteiger partial charge in [-0.05, 0) is 93.7 Å². The average molecular weight is 636 g/mol. The smallest absolute Gasteiger partial charge is 0.336 e. The molecule has 0 aliphatic heterocycles. The highest BCUT2D eigenvalue weighted by atomic mass is 16.5. The van der Waals surface area contributed by atoms with Crippen molar-refractivity contribution in [3.8, 4) is 5.75 Å². The molecule has 0 unspecified atom stereocenters. The predicted octanol–water partition coefficient (Wildman–Crippen LogP) is 6.94. The number of ether oxygens (including phenoxy) is 1. The molecule has 0 bridgehead atoms. The first-order chi connectivity index (χ1) is 23.5. The van der Waals surface area contributed by atoms with Gasteiger partial charge in [0.2, 0.25) is 0 Å². The molecule has 2 aromatic heterocycles. The fourth-order valence-electron chi connectivity index (χ4n) is 6.70. The number of aromatic nitrogens is 2. The van der Waals surface area contributed by atoms with E-state index >= 15 is 0 Å². The fraction of sp³-hybridized carbons (Fsp3) is 0.128. The normalized spacial score (nSPS) is 11.3. The predicted molar refractivity (Wildman–Crippen MR) is 183 cm³/mol. The average Bonchev–Trinajstić information content (AvgIpc) is 3.11. The van der Waals surface area contributed by atoms with Gasteiger partial charge in [0.15, 0.2) is 5.78 Å². The van der Waals surface area contributed by atoms with Gasteiger partial charge in [-0.1, -0.05) is 36.4 Å². The van der Waals surface area contributed by atoms with Crippen molar-refractivity contribution in [1.29, 1.82) is 0 Å². The molecule has 7 rings (SSSR count). The first kappa shape index (κ1) is 30.4. The van der Waals surface area contributed by atoms with Crippen molar-refractivity contribution in [3.63, 3.8) is 0 Å². The first-order valence-corrected chi connectivity index (χ1v) is 15.6. The monoisotopic (exact) mass is 635 g/mol. The Morgan fingerprint density at radius 3 is 1.88 bits per heavy atom. The van der Waals surface area contributed by atoms with E-state index < -0.39 is 5.97 Å². The van der Waals surface area contributed by atoms with Crippen LogP contribution in [0.25, 0.3) is 43.1 Å². The summed E-state index contributed by atoms with van der Waals surface area (Å²) in [6.07, 6.45) is 9.01. The van der Waals surface area contributed by atoms with Gasteiger partial charge < -0.3 is 15.2 Å². The summed E-state index contributed by atoms with van der Waals surface area (Å²) in [4.78, 5) is 59.7. The number of carbonyl (C=O) groups is 4. The Labute approximate surface area is 274 Å². The maximum atomic E-state index is 13.7. The van der Waals surface area contributed by atoms with Crippen LogP contribution in [0.2, 0.25) is 0 Å². The van der Waals surface area contributed by atoms with Gasteiger partial charge in [0, 0.05) is 59.5 Å². The van der Waals surface area contributed by atoms with E-state index in [9.17, 15) is 24.3 Å². The van der Waals surface area contributed by atoms with Gasteiger partial charge in [0.1, 0.15) is 5.75 Å². The zero-order chi connectivity index (χ0) is 33.2. The lowest BCUT2D eigenvalue weighted by Crippen LogP contribution is -2.26. The van der Waals surface area contributed by atoms with Crippen LogP contribution in [-0.4, -0.2) is 45.8 Å². The van der Waals surface area contributed by atoms with Crippen molar-refractivity contribution in [3.05, 3.63) is 125 Å². The van der Waals surface area contributed by atoms with Crippen LogP contribution in [0.15, 0.2) is 97.6 Å². The van der Waals surface area contributed by atoms with E-state index in [1.807, 2.05) is 36.4 Å². The van der Waals surface area contributed by atoms with Gasteiger partial charge in [-0.2, -0.15) is 0 Å². The third-order valence-corrected chi connectivity index (χ3v) is 8.83. The number of Topliss-reactive ketones (excluding diaryl/α,β-unsaturated/α-hetero) is 1. The topological polar surface area (TPSA) is 136 Å². The number of pyridine rings is 2. The number of aryl methyl sites for hydroxylation is 1. The van der Waals surface area contributed by atoms with E-state index in [0.29, 0.717) is 65.0 Å². The molecule has 5 aromatic carbocycles.